The molecular formula is C17H18N8O2. The van der Waals surface area contributed by atoms with E-state index in [4.69, 9.17) is 9.26 Å². The minimum absolute atomic E-state index is 0.0586. The summed E-state index contributed by atoms with van der Waals surface area (Å²) in [7, 11) is 1.82. The topological polar surface area (TPSA) is 109 Å². The van der Waals surface area contributed by atoms with E-state index in [9.17, 15) is 0 Å². The van der Waals surface area contributed by atoms with Crippen molar-refractivity contribution in [3.05, 3.63) is 35.3 Å². The van der Waals surface area contributed by atoms with E-state index < -0.39 is 0 Å². The van der Waals surface area contributed by atoms with Gasteiger partial charge < -0.3 is 9.26 Å². The molecule has 4 heterocycles. The molecule has 0 aliphatic heterocycles. The molecule has 27 heavy (non-hydrogen) atoms. The average Bonchev–Trinajstić information content (AvgIpc) is 3.02. The molecule has 0 spiro atoms. The summed E-state index contributed by atoms with van der Waals surface area (Å²) in [4.78, 5) is 0. The molecule has 0 unspecified atom stereocenters. The maximum Gasteiger partial charge on any atom is 0.236 e. The lowest BCUT2D eigenvalue weighted by atomic mass is 10.0. The van der Waals surface area contributed by atoms with Gasteiger partial charge in [0.2, 0.25) is 11.7 Å². The molecule has 4 aromatic rings. The molecule has 10 nitrogen and oxygen atoms in total. The molecule has 0 N–H and O–H groups in total. The van der Waals surface area contributed by atoms with E-state index in [-0.39, 0.29) is 12.0 Å². The monoisotopic (exact) mass is 366 g/mol. The molecule has 0 aromatic carbocycles. The largest absolute Gasteiger partial charge is 0.470 e. The highest BCUT2D eigenvalue weighted by molar-refractivity contribution is 5.57. The van der Waals surface area contributed by atoms with Crippen LogP contribution in [0.3, 0.4) is 0 Å². The Hall–Kier alpha value is -3.30. The second kappa shape index (κ2) is 5.60. The summed E-state index contributed by atoms with van der Waals surface area (Å²) in [6.45, 7) is 4.32. The normalized spacial score (nSPS) is 15.4. The van der Waals surface area contributed by atoms with Gasteiger partial charge in [-0.25, -0.2) is 0 Å². The van der Waals surface area contributed by atoms with Gasteiger partial charge in [0.25, 0.3) is 0 Å². The lowest BCUT2D eigenvalue weighted by Gasteiger charge is -2.14. The fourth-order valence-corrected chi connectivity index (χ4v) is 3.05. The van der Waals surface area contributed by atoms with Gasteiger partial charge in [0, 0.05) is 18.7 Å². The molecule has 0 atom stereocenters. The van der Waals surface area contributed by atoms with Crippen LogP contribution < -0.4 is 4.74 Å². The first-order chi connectivity index (χ1) is 13.0. The predicted molar refractivity (Wildman–Crippen MR) is 92.9 cm³/mol. The molecular weight excluding hydrogens is 348 g/mol. The van der Waals surface area contributed by atoms with Crippen LogP contribution in [-0.4, -0.2) is 40.0 Å². The van der Waals surface area contributed by atoms with Crippen LogP contribution in [-0.2, 0) is 19.1 Å². The van der Waals surface area contributed by atoms with Gasteiger partial charge in [0.1, 0.15) is 18.1 Å². The van der Waals surface area contributed by atoms with E-state index in [1.54, 1.807) is 15.3 Å². The quantitative estimate of drug-likeness (QED) is 0.526. The molecule has 10 heteroatoms. The number of rotatable bonds is 5. The fraction of sp³-hybridized carbons (Fsp3) is 0.412. The molecule has 0 amide bonds. The van der Waals surface area contributed by atoms with Gasteiger partial charge in [0.05, 0.1) is 6.20 Å². The van der Waals surface area contributed by atoms with Gasteiger partial charge in [-0.15, -0.1) is 20.4 Å². The van der Waals surface area contributed by atoms with Crippen LogP contribution in [0.1, 0.15) is 36.8 Å². The smallest absolute Gasteiger partial charge is 0.236 e. The Morgan fingerprint density at radius 1 is 1.22 bits per heavy atom. The molecule has 1 fully saturated rings. The Morgan fingerprint density at radius 3 is 2.74 bits per heavy atom. The predicted octanol–water partition coefficient (Wildman–Crippen LogP) is 1.85. The summed E-state index contributed by atoms with van der Waals surface area (Å²) in [5.74, 6) is 1.76. The third kappa shape index (κ3) is 2.73. The molecule has 5 rings (SSSR count). The molecule has 0 saturated heterocycles. The van der Waals surface area contributed by atoms with E-state index >= 15 is 0 Å². The summed E-state index contributed by atoms with van der Waals surface area (Å²) in [5, 5.41) is 25.2. The van der Waals surface area contributed by atoms with Crippen molar-refractivity contribution in [2.75, 3.05) is 0 Å². The van der Waals surface area contributed by atoms with Gasteiger partial charge in [0.15, 0.2) is 11.3 Å². The minimum Gasteiger partial charge on any atom is -0.470 e. The van der Waals surface area contributed by atoms with Crippen molar-refractivity contribution in [2.24, 2.45) is 7.05 Å². The summed E-state index contributed by atoms with van der Waals surface area (Å²) < 4.78 is 14.5. The molecule has 1 saturated carbocycles. The van der Waals surface area contributed by atoms with Gasteiger partial charge in [-0.3, -0.25) is 4.68 Å². The Kier molecular flexibility index (Phi) is 3.30. The highest BCUT2D eigenvalue weighted by Gasteiger charge is 2.42. The number of fused-ring (bicyclic) bond motifs is 1. The van der Waals surface area contributed by atoms with Gasteiger partial charge in [-0.05, 0) is 31.2 Å². The number of aryl methyl sites for hydroxylation is 2. The van der Waals surface area contributed by atoms with E-state index in [2.05, 4.69) is 37.7 Å². The first-order valence-corrected chi connectivity index (χ1v) is 8.70. The van der Waals surface area contributed by atoms with Gasteiger partial charge >= 0.3 is 0 Å². The molecule has 1 aliphatic carbocycles. The summed E-state index contributed by atoms with van der Waals surface area (Å²) in [6.07, 6.45) is 4.01. The average molecular weight is 366 g/mol. The highest BCUT2D eigenvalue weighted by atomic mass is 16.5. The Balaban J connectivity index is 1.58. The van der Waals surface area contributed by atoms with Crippen LogP contribution in [0.2, 0.25) is 0 Å². The number of hydrogen-bond donors (Lipinski definition) is 0. The van der Waals surface area contributed by atoms with Crippen molar-refractivity contribution in [3.8, 4) is 17.4 Å². The number of hydrogen-bond acceptors (Lipinski definition) is 8. The zero-order chi connectivity index (χ0) is 18.6. The zero-order valence-corrected chi connectivity index (χ0v) is 15.2. The highest BCUT2D eigenvalue weighted by Crippen LogP contribution is 2.50. The van der Waals surface area contributed by atoms with Crippen LogP contribution in [0.15, 0.2) is 22.9 Å². The third-order valence-corrected chi connectivity index (χ3v) is 4.87. The van der Waals surface area contributed by atoms with Gasteiger partial charge in [-0.2, -0.15) is 4.52 Å². The van der Waals surface area contributed by atoms with Crippen molar-refractivity contribution < 1.29 is 9.26 Å². The van der Waals surface area contributed by atoms with Gasteiger partial charge in [-0.1, -0.05) is 17.3 Å². The van der Waals surface area contributed by atoms with Crippen molar-refractivity contribution in [1.29, 1.82) is 0 Å². The number of nitrogens with zero attached hydrogens (tertiary/aromatic N) is 8. The summed E-state index contributed by atoms with van der Waals surface area (Å²) in [5.41, 5.74) is 3.07. The molecule has 0 bridgehead atoms. The molecule has 4 aromatic heterocycles. The maximum atomic E-state index is 6.03. The van der Waals surface area contributed by atoms with Crippen molar-refractivity contribution >= 4 is 5.65 Å². The van der Waals surface area contributed by atoms with E-state index in [0.717, 1.165) is 24.1 Å². The Bertz CT molecular complexity index is 1140. The van der Waals surface area contributed by atoms with E-state index in [1.165, 1.54) is 0 Å². The van der Waals surface area contributed by atoms with Crippen LogP contribution >= 0.6 is 0 Å². The third-order valence-electron chi connectivity index (χ3n) is 4.87. The SMILES string of the molecule is Cc1cc(-c2nnc3cc(C4(C)CC4)c(OCc4cn(C)nn4)nn23)no1. The number of aromatic nitrogens is 8. The van der Waals surface area contributed by atoms with Crippen molar-refractivity contribution in [1.82, 2.24) is 40.0 Å². The Morgan fingerprint density at radius 2 is 2.07 bits per heavy atom. The molecule has 0 radical (unpaired) electrons. The first-order valence-electron chi connectivity index (χ1n) is 8.70. The van der Waals surface area contributed by atoms with Crippen LogP contribution in [0.5, 0.6) is 5.88 Å². The number of ether oxygens (including phenoxy) is 1. The Labute approximate surface area is 154 Å². The molecule has 138 valence electrons. The van der Waals surface area contributed by atoms with Crippen LogP contribution in [0.4, 0.5) is 0 Å². The minimum atomic E-state index is 0.0586. The zero-order valence-electron chi connectivity index (χ0n) is 15.2. The summed E-state index contributed by atoms with van der Waals surface area (Å²) >= 11 is 0. The standard InChI is InChI=1S/C17H18N8O2/c1-10-6-13(22-27-10)15-20-19-14-7-12(17(2)4-5-17)16(21-25(14)15)26-9-11-8-24(3)23-18-11/h6-8H,4-5,9H2,1-3H3. The van der Waals surface area contributed by atoms with E-state index in [1.807, 2.05) is 26.2 Å². The maximum absolute atomic E-state index is 6.03. The van der Waals surface area contributed by atoms with E-state index in [0.29, 0.717) is 28.8 Å². The second-order valence-corrected chi connectivity index (χ2v) is 7.21. The summed E-state index contributed by atoms with van der Waals surface area (Å²) in [6, 6.07) is 3.80. The van der Waals surface area contributed by atoms with Crippen molar-refractivity contribution in [2.45, 2.75) is 38.7 Å². The first kappa shape index (κ1) is 15.9. The lowest BCUT2D eigenvalue weighted by molar-refractivity contribution is 0.279. The van der Waals surface area contributed by atoms with Crippen LogP contribution in [0.25, 0.3) is 17.2 Å². The van der Waals surface area contributed by atoms with Crippen molar-refractivity contribution in [3.63, 3.8) is 0 Å². The fourth-order valence-electron chi connectivity index (χ4n) is 3.05. The second-order valence-electron chi connectivity index (χ2n) is 7.21. The lowest BCUT2D eigenvalue weighted by Crippen LogP contribution is -2.10. The molecule has 1 aliphatic rings. The van der Waals surface area contributed by atoms with Crippen LogP contribution in [0, 0.1) is 6.92 Å².